The number of nitrogens with zero attached hydrogens (tertiary/aromatic N) is 4. The number of ether oxygens (including phenoxy) is 1. The van der Waals surface area contributed by atoms with Crippen LogP contribution in [0.15, 0.2) is 73.1 Å². The van der Waals surface area contributed by atoms with E-state index in [-0.39, 0.29) is 5.91 Å². The Labute approximate surface area is 183 Å². The number of likely N-dealkylation sites (N-methyl/N-ethyl adjacent to an activating group) is 1. The standard InChI is InChI=1S/C25H28N4O2/c1-28(2)24(30)25(23-13-6-8-16-27-23)14-9-17-29(25)18-20-10-3-4-12-22(20)31-19-21-11-5-7-15-26-21/h3-8,10-13,15-16H,9,14,17-19H2,1-2H3/t25-/m1/s1. The zero-order chi connectivity index (χ0) is 21.7. The van der Waals surface area contributed by atoms with Crippen LogP contribution in [0.1, 0.15) is 29.8 Å². The number of hydrogen-bond donors (Lipinski definition) is 0. The number of hydrogen-bond acceptors (Lipinski definition) is 5. The van der Waals surface area contributed by atoms with E-state index < -0.39 is 5.54 Å². The fourth-order valence-electron chi connectivity index (χ4n) is 4.32. The van der Waals surface area contributed by atoms with Gasteiger partial charge in [-0.2, -0.15) is 0 Å². The van der Waals surface area contributed by atoms with Gasteiger partial charge in [0, 0.05) is 38.6 Å². The maximum Gasteiger partial charge on any atom is 0.248 e. The molecule has 0 unspecified atom stereocenters. The van der Waals surface area contributed by atoms with Crippen molar-refractivity contribution >= 4 is 5.91 Å². The van der Waals surface area contributed by atoms with Crippen LogP contribution in [0.25, 0.3) is 0 Å². The highest BCUT2D eigenvalue weighted by Crippen LogP contribution is 2.41. The Balaban J connectivity index is 1.63. The maximum atomic E-state index is 13.5. The zero-order valence-electron chi connectivity index (χ0n) is 18.1. The molecule has 1 amide bonds. The van der Waals surface area contributed by atoms with Crippen molar-refractivity contribution in [3.05, 3.63) is 90.0 Å². The third kappa shape index (κ3) is 4.30. The molecule has 1 aliphatic heterocycles. The molecule has 1 atom stereocenters. The van der Waals surface area contributed by atoms with Gasteiger partial charge >= 0.3 is 0 Å². The summed E-state index contributed by atoms with van der Waals surface area (Å²) in [6, 6.07) is 19.6. The van der Waals surface area contributed by atoms with E-state index in [4.69, 9.17) is 4.74 Å². The summed E-state index contributed by atoms with van der Waals surface area (Å²) in [6.07, 6.45) is 5.22. The van der Waals surface area contributed by atoms with Crippen molar-refractivity contribution in [2.75, 3.05) is 20.6 Å². The molecule has 31 heavy (non-hydrogen) atoms. The lowest BCUT2D eigenvalue weighted by Gasteiger charge is -2.38. The lowest BCUT2D eigenvalue weighted by molar-refractivity contribution is -0.141. The highest BCUT2D eigenvalue weighted by molar-refractivity contribution is 5.87. The number of carbonyl (C=O) groups is 1. The van der Waals surface area contributed by atoms with E-state index in [1.165, 1.54) is 0 Å². The number of carbonyl (C=O) groups excluding carboxylic acids is 1. The van der Waals surface area contributed by atoms with Crippen molar-refractivity contribution in [1.29, 1.82) is 0 Å². The fourth-order valence-corrected chi connectivity index (χ4v) is 4.32. The molecule has 0 aliphatic carbocycles. The average Bonchev–Trinajstić information content (AvgIpc) is 3.23. The smallest absolute Gasteiger partial charge is 0.248 e. The molecule has 0 N–H and O–H groups in total. The van der Waals surface area contributed by atoms with Crippen LogP contribution in [0.4, 0.5) is 0 Å². The van der Waals surface area contributed by atoms with Crippen molar-refractivity contribution in [1.82, 2.24) is 19.8 Å². The van der Waals surface area contributed by atoms with Crippen molar-refractivity contribution in [3.63, 3.8) is 0 Å². The minimum Gasteiger partial charge on any atom is -0.487 e. The lowest BCUT2D eigenvalue weighted by atomic mass is 9.89. The molecule has 3 aromatic rings. The summed E-state index contributed by atoms with van der Waals surface area (Å²) in [4.78, 5) is 26.3. The Morgan fingerprint density at radius 2 is 1.77 bits per heavy atom. The maximum absolute atomic E-state index is 13.5. The second-order valence-electron chi connectivity index (χ2n) is 8.02. The summed E-state index contributed by atoms with van der Waals surface area (Å²) >= 11 is 0. The molecule has 1 aromatic carbocycles. The molecule has 1 aliphatic rings. The number of pyridine rings is 2. The van der Waals surface area contributed by atoms with Crippen LogP contribution in [0.5, 0.6) is 5.75 Å². The predicted octanol–water partition coefficient (Wildman–Crippen LogP) is 3.64. The molecule has 4 rings (SSSR count). The Bertz CT molecular complexity index is 1010. The first-order valence-corrected chi connectivity index (χ1v) is 10.6. The summed E-state index contributed by atoms with van der Waals surface area (Å²) in [6.45, 7) is 1.83. The number of para-hydroxylation sites is 1. The summed E-state index contributed by atoms with van der Waals surface area (Å²) in [5, 5.41) is 0. The van der Waals surface area contributed by atoms with Crippen molar-refractivity contribution < 1.29 is 9.53 Å². The Kier molecular flexibility index (Phi) is 6.28. The third-order valence-electron chi connectivity index (χ3n) is 5.79. The summed E-state index contributed by atoms with van der Waals surface area (Å²) in [7, 11) is 3.63. The first kappa shape index (κ1) is 21.0. The van der Waals surface area contributed by atoms with Gasteiger partial charge in [0.25, 0.3) is 0 Å². The van der Waals surface area contributed by atoms with Gasteiger partial charge in [0.2, 0.25) is 5.91 Å². The molecule has 0 bridgehead atoms. The Hall–Kier alpha value is -3.25. The van der Waals surface area contributed by atoms with Crippen molar-refractivity contribution in [2.45, 2.75) is 31.5 Å². The second kappa shape index (κ2) is 9.27. The fraction of sp³-hybridized carbons (Fsp3) is 0.320. The van der Waals surface area contributed by atoms with E-state index in [0.717, 1.165) is 42.1 Å². The Morgan fingerprint density at radius 3 is 2.48 bits per heavy atom. The molecule has 160 valence electrons. The molecular formula is C25H28N4O2. The first-order chi connectivity index (χ1) is 15.1. The van der Waals surface area contributed by atoms with E-state index in [1.807, 2.05) is 68.7 Å². The van der Waals surface area contributed by atoms with Gasteiger partial charge in [0.05, 0.1) is 11.4 Å². The number of amides is 1. The normalized spacial score (nSPS) is 18.6. The SMILES string of the molecule is CN(C)C(=O)[C@]1(c2ccccn2)CCCN1Cc1ccccc1OCc1ccccn1. The molecule has 1 fully saturated rings. The topological polar surface area (TPSA) is 58.6 Å². The van der Waals surface area contributed by atoms with Gasteiger partial charge in [-0.1, -0.05) is 30.3 Å². The molecule has 1 saturated heterocycles. The minimum absolute atomic E-state index is 0.0654. The summed E-state index contributed by atoms with van der Waals surface area (Å²) in [5.41, 5.74) is 1.97. The van der Waals surface area contributed by atoms with Crippen LogP contribution >= 0.6 is 0 Å². The van der Waals surface area contributed by atoms with E-state index in [1.54, 1.807) is 17.3 Å². The van der Waals surface area contributed by atoms with Crippen LogP contribution in [0.3, 0.4) is 0 Å². The first-order valence-electron chi connectivity index (χ1n) is 10.6. The largest absolute Gasteiger partial charge is 0.487 e. The third-order valence-corrected chi connectivity index (χ3v) is 5.79. The van der Waals surface area contributed by atoms with Crippen LogP contribution in [-0.2, 0) is 23.5 Å². The van der Waals surface area contributed by atoms with Gasteiger partial charge in [-0.15, -0.1) is 0 Å². The van der Waals surface area contributed by atoms with Crippen LogP contribution < -0.4 is 4.74 Å². The van der Waals surface area contributed by atoms with Crippen LogP contribution in [-0.4, -0.2) is 46.3 Å². The van der Waals surface area contributed by atoms with Crippen molar-refractivity contribution in [3.8, 4) is 5.75 Å². The average molecular weight is 417 g/mol. The molecule has 3 heterocycles. The van der Waals surface area contributed by atoms with Gasteiger partial charge in [-0.25, -0.2) is 0 Å². The van der Waals surface area contributed by atoms with Crippen LogP contribution in [0, 0.1) is 0 Å². The quantitative estimate of drug-likeness (QED) is 0.589. The van der Waals surface area contributed by atoms with E-state index >= 15 is 0 Å². The molecule has 2 aromatic heterocycles. The van der Waals surface area contributed by atoms with E-state index in [2.05, 4.69) is 20.9 Å². The number of aromatic nitrogens is 2. The van der Waals surface area contributed by atoms with Gasteiger partial charge in [-0.05, 0) is 49.7 Å². The lowest BCUT2D eigenvalue weighted by Crippen LogP contribution is -2.52. The Morgan fingerprint density at radius 1 is 1.03 bits per heavy atom. The number of benzene rings is 1. The molecule has 0 saturated carbocycles. The van der Waals surface area contributed by atoms with E-state index in [9.17, 15) is 4.79 Å². The molecule has 6 heteroatoms. The molecule has 6 nitrogen and oxygen atoms in total. The highest BCUT2D eigenvalue weighted by atomic mass is 16.5. The molecule has 0 radical (unpaired) electrons. The minimum atomic E-state index is -0.765. The highest BCUT2D eigenvalue weighted by Gasteiger charge is 2.50. The zero-order valence-corrected chi connectivity index (χ0v) is 18.1. The van der Waals surface area contributed by atoms with Gasteiger partial charge in [0.1, 0.15) is 17.9 Å². The summed E-state index contributed by atoms with van der Waals surface area (Å²) in [5.74, 6) is 0.878. The van der Waals surface area contributed by atoms with Gasteiger partial charge in [-0.3, -0.25) is 19.7 Å². The second-order valence-corrected chi connectivity index (χ2v) is 8.02. The number of rotatable bonds is 7. The van der Waals surface area contributed by atoms with E-state index in [0.29, 0.717) is 13.2 Å². The van der Waals surface area contributed by atoms with Crippen LogP contribution in [0.2, 0.25) is 0 Å². The van der Waals surface area contributed by atoms with Gasteiger partial charge in [0.15, 0.2) is 0 Å². The number of likely N-dealkylation sites (tertiary alicyclic amines) is 1. The molecular weight excluding hydrogens is 388 g/mol. The summed E-state index contributed by atoms with van der Waals surface area (Å²) < 4.78 is 6.12. The van der Waals surface area contributed by atoms with Crippen molar-refractivity contribution in [2.24, 2.45) is 0 Å². The van der Waals surface area contributed by atoms with Gasteiger partial charge < -0.3 is 9.64 Å². The monoisotopic (exact) mass is 416 g/mol. The predicted molar refractivity (Wildman–Crippen MR) is 119 cm³/mol. The molecule has 0 spiro atoms.